The lowest BCUT2D eigenvalue weighted by Crippen LogP contribution is -2.27. The van der Waals surface area contributed by atoms with Crippen LogP contribution in [0.3, 0.4) is 0 Å². The van der Waals surface area contributed by atoms with Crippen molar-refractivity contribution in [1.29, 1.82) is 0 Å². The van der Waals surface area contributed by atoms with Crippen LogP contribution in [0.15, 0.2) is 12.4 Å². The number of rotatable bonds is 13. The topological polar surface area (TPSA) is 6.48 Å². The van der Waals surface area contributed by atoms with Gasteiger partial charge < -0.3 is 9.80 Å². The minimum Gasteiger partial charge on any atom is -0.359 e. The fourth-order valence-corrected chi connectivity index (χ4v) is 3.17. The third-order valence-corrected chi connectivity index (χ3v) is 4.38. The lowest BCUT2D eigenvalue weighted by molar-refractivity contribution is 0.270. The molecule has 0 spiro atoms. The molecule has 0 saturated heterocycles. The maximum Gasteiger partial charge on any atom is 0.0894 e. The summed E-state index contributed by atoms with van der Waals surface area (Å²) in [6.07, 6.45) is 18.7. The van der Waals surface area contributed by atoms with Crippen LogP contribution in [0.25, 0.3) is 0 Å². The van der Waals surface area contributed by atoms with Gasteiger partial charge in [-0.05, 0) is 6.42 Å². The second-order valence-electron chi connectivity index (χ2n) is 5.94. The monoisotopic (exact) mass is 344 g/mol. The molecule has 0 unspecified atom stereocenters. The van der Waals surface area contributed by atoms with Crippen LogP contribution in [0.2, 0.25) is 0 Å². The van der Waals surface area contributed by atoms with Crippen LogP contribution in [0.4, 0.5) is 0 Å². The molecule has 0 bridgehead atoms. The number of unbranched alkanes of at least 4 members (excludes halogenated alkanes) is 9. The Hall–Kier alpha value is -0.180. The summed E-state index contributed by atoms with van der Waals surface area (Å²) in [5, 5.41) is 1.06. The lowest BCUT2D eigenvalue weighted by atomic mass is 10.1. The molecule has 1 heterocycles. The van der Waals surface area contributed by atoms with Crippen molar-refractivity contribution in [3.8, 4) is 0 Å². The van der Waals surface area contributed by atoms with Crippen LogP contribution in [0.1, 0.15) is 71.1 Å². The van der Waals surface area contributed by atoms with Gasteiger partial charge in [0, 0.05) is 30.8 Å². The van der Waals surface area contributed by atoms with Gasteiger partial charge in [-0.2, -0.15) is 0 Å². The standard InChI is InChI=1S/C17H33BrN2/c1-2-3-4-5-6-7-8-9-10-11-13-19-15-16-20(17-19)14-12-18/h15-16H,2-14,17H2,1H3. The van der Waals surface area contributed by atoms with Crippen molar-refractivity contribution in [1.82, 2.24) is 9.80 Å². The van der Waals surface area contributed by atoms with Crippen molar-refractivity contribution in [2.45, 2.75) is 71.1 Å². The molecule has 0 aliphatic carbocycles. The van der Waals surface area contributed by atoms with E-state index in [0.717, 1.165) is 18.5 Å². The summed E-state index contributed by atoms with van der Waals surface area (Å²) < 4.78 is 0. The quantitative estimate of drug-likeness (QED) is 0.328. The summed E-state index contributed by atoms with van der Waals surface area (Å²) in [7, 11) is 0. The van der Waals surface area contributed by atoms with E-state index in [2.05, 4.69) is 45.1 Å². The Morgan fingerprint density at radius 2 is 1.25 bits per heavy atom. The molecule has 0 saturated carbocycles. The molecule has 0 amide bonds. The molecular weight excluding hydrogens is 312 g/mol. The molecule has 3 heteroatoms. The van der Waals surface area contributed by atoms with Gasteiger partial charge in [0.05, 0.1) is 6.67 Å². The molecule has 0 aromatic carbocycles. The molecule has 1 rings (SSSR count). The minimum absolute atomic E-state index is 1.06. The molecule has 0 aromatic rings. The van der Waals surface area contributed by atoms with E-state index in [0.29, 0.717) is 0 Å². The highest BCUT2D eigenvalue weighted by Gasteiger charge is 2.10. The van der Waals surface area contributed by atoms with Gasteiger partial charge in [-0.25, -0.2) is 0 Å². The molecule has 2 nitrogen and oxygen atoms in total. The second kappa shape index (κ2) is 12.6. The Labute approximate surface area is 134 Å². The Bertz CT molecular complexity index is 243. The maximum atomic E-state index is 3.49. The molecule has 0 atom stereocenters. The Morgan fingerprint density at radius 3 is 1.80 bits per heavy atom. The molecular formula is C17H33BrN2. The Morgan fingerprint density at radius 1 is 0.750 bits per heavy atom. The van der Waals surface area contributed by atoms with Gasteiger partial charge in [-0.3, -0.25) is 0 Å². The van der Waals surface area contributed by atoms with Gasteiger partial charge in [0.2, 0.25) is 0 Å². The first kappa shape index (κ1) is 17.9. The fraction of sp³-hybridized carbons (Fsp3) is 0.882. The second-order valence-corrected chi connectivity index (χ2v) is 6.73. The number of hydrogen-bond acceptors (Lipinski definition) is 2. The summed E-state index contributed by atoms with van der Waals surface area (Å²) in [5.74, 6) is 0. The molecule has 0 aromatic heterocycles. The van der Waals surface area contributed by atoms with Crippen LogP contribution >= 0.6 is 15.9 Å². The van der Waals surface area contributed by atoms with Crippen LogP contribution in [0.5, 0.6) is 0 Å². The number of nitrogens with zero attached hydrogens (tertiary/aromatic N) is 2. The fourth-order valence-electron chi connectivity index (χ4n) is 2.72. The summed E-state index contributed by atoms with van der Waals surface area (Å²) in [6.45, 7) is 5.72. The first-order valence-electron chi connectivity index (χ1n) is 8.59. The van der Waals surface area contributed by atoms with E-state index in [1.54, 1.807) is 0 Å². The van der Waals surface area contributed by atoms with E-state index in [9.17, 15) is 0 Å². The highest BCUT2D eigenvalue weighted by Crippen LogP contribution is 2.12. The molecule has 0 N–H and O–H groups in total. The summed E-state index contributed by atoms with van der Waals surface area (Å²) in [4.78, 5) is 4.80. The van der Waals surface area contributed by atoms with Crippen molar-refractivity contribution in [2.75, 3.05) is 25.1 Å². The van der Waals surface area contributed by atoms with E-state index in [-0.39, 0.29) is 0 Å². The first-order chi connectivity index (χ1) is 9.86. The molecule has 20 heavy (non-hydrogen) atoms. The van der Waals surface area contributed by atoms with E-state index in [1.165, 1.54) is 70.8 Å². The van der Waals surface area contributed by atoms with Crippen LogP contribution in [-0.4, -0.2) is 34.9 Å². The number of alkyl halides is 1. The third kappa shape index (κ3) is 8.89. The zero-order valence-electron chi connectivity index (χ0n) is 13.3. The molecule has 118 valence electrons. The van der Waals surface area contributed by atoms with E-state index < -0.39 is 0 Å². The predicted molar refractivity (Wildman–Crippen MR) is 93.1 cm³/mol. The first-order valence-corrected chi connectivity index (χ1v) is 9.71. The Balaban J connectivity index is 1.80. The third-order valence-electron chi connectivity index (χ3n) is 4.02. The zero-order chi connectivity index (χ0) is 14.5. The van der Waals surface area contributed by atoms with Crippen molar-refractivity contribution in [2.24, 2.45) is 0 Å². The van der Waals surface area contributed by atoms with Crippen molar-refractivity contribution >= 4 is 15.9 Å². The van der Waals surface area contributed by atoms with Gasteiger partial charge in [0.1, 0.15) is 0 Å². The molecule has 1 aliphatic rings. The van der Waals surface area contributed by atoms with E-state index in [1.807, 2.05) is 0 Å². The average Bonchev–Trinajstić information content (AvgIpc) is 2.89. The van der Waals surface area contributed by atoms with Crippen LogP contribution in [-0.2, 0) is 0 Å². The highest BCUT2D eigenvalue weighted by atomic mass is 79.9. The molecule has 1 aliphatic heterocycles. The molecule has 0 radical (unpaired) electrons. The van der Waals surface area contributed by atoms with E-state index in [4.69, 9.17) is 0 Å². The Kier molecular flexibility index (Phi) is 11.2. The van der Waals surface area contributed by atoms with Gasteiger partial charge in [-0.1, -0.05) is 80.6 Å². The predicted octanol–water partition coefficient (Wildman–Crippen LogP) is 5.35. The van der Waals surface area contributed by atoms with Gasteiger partial charge >= 0.3 is 0 Å². The zero-order valence-corrected chi connectivity index (χ0v) is 14.9. The maximum absolute atomic E-state index is 3.49. The number of hydrogen-bond donors (Lipinski definition) is 0. The minimum atomic E-state index is 1.06. The largest absolute Gasteiger partial charge is 0.359 e. The highest BCUT2D eigenvalue weighted by molar-refractivity contribution is 9.09. The molecule has 0 fully saturated rings. The summed E-state index contributed by atoms with van der Waals surface area (Å²) >= 11 is 3.49. The smallest absolute Gasteiger partial charge is 0.0894 e. The van der Waals surface area contributed by atoms with Crippen molar-refractivity contribution in [3.63, 3.8) is 0 Å². The van der Waals surface area contributed by atoms with Crippen molar-refractivity contribution < 1.29 is 0 Å². The van der Waals surface area contributed by atoms with Crippen molar-refractivity contribution in [3.05, 3.63) is 12.4 Å². The van der Waals surface area contributed by atoms with Crippen LogP contribution < -0.4 is 0 Å². The van der Waals surface area contributed by atoms with Gasteiger partial charge in [0.25, 0.3) is 0 Å². The van der Waals surface area contributed by atoms with E-state index >= 15 is 0 Å². The summed E-state index contributed by atoms with van der Waals surface area (Å²) in [6, 6.07) is 0. The SMILES string of the molecule is CCCCCCCCCCCCN1C=CN(CCBr)C1. The van der Waals surface area contributed by atoms with Crippen LogP contribution in [0, 0.1) is 0 Å². The van der Waals surface area contributed by atoms with Gasteiger partial charge in [-0.15, -0.1) is 0 Å². The van der Waals surface area contributed by atoms with Gasteiger partial charge in [0.15, 0.2) is 0 Å². The number of halogens is 1. The lowest BCUT2D eigenvalue weighted by Gasteiger charge is -2.20. The average molecular weight is 345 g/mol. The normalized spacial score (nSPS) is 14.5. The summed E-state index contributed by atoms with van der Waals surface area (Å²) in [5.41, 5.74) is 0.